The van der Waals surface area contributed by atoms with Gasteiger partial charge in [0.2, 0.25) is 5.91 Å². The highest BCUT2D eigenvalue weighted by Crippen LogP contribution is 2.23. The standard InChI is InChI=1S/C25H38N4O7S/c1-19-20(2)37-25(27-19)29-24(31)21-5-3-4-6-22(21)28-23(30)7-9-32-11-13-34-15-17-36-18-16-35-14-12-33-10-8-26/h3-6H,7-18,26H2,1-2H3,(H,28,30)(H,27,29,31). The number of carbonyl (C=O) groups excluding carboxylic acids is 2. The van der Waals surface area contributed by atoms with Gasteiger partial charge in [-0.2, -0.15) is 0 Å². The average Bonchev–Trinajstić information content (AvgIpc) is 3.20. The van der Waals surface area contributed by atoms with Crippen LogP contribution < -0.4 is 16.4 Å². The average molecular weight is 539 g/mol. The van der Waals surface area contributed by atoms with E-state index >= 15 is 0 Å². The normalized spacial score (nSPS) is 11.0. The van der Waals surface area contributed by atoms with Gasteiger partial charge >= 0.3 is 0 Å². The summed E-state index contributed by atoms with van der Waals surface area (Å²) in [6, 6.07) is 6.84. The zero-order valence-corrected chi connectivity index (χ0v) is 22.4. The first kappa shape index (κ1) is 30.8. The van der Waals surface area contributed by atoms with E-state index in [0.29, 0.717) is 82.4 Å². The van der Waals surface area contributed by atoms with Crippen LogP contribution in [0.25, 0.3) is 0 Å². The first-order valence-electron chi connectivity index (χ1n) is 12.2. The third-order valence-electron chi connectivity index (χ3n) is 4.92. The van der Waals surface area contributed by atoms with Crippen LogP contribution in [0, 0.1) is 13.8 Å². The molecule has 0 saturated carbocycles. The van der Waals surface area contributed by atoms with Crippen LogP contribution in [0.5, 0.6) is 0 Å². The molecule has 0 fully saturated rings. The minimum absolute atomic E-state index is 0.154. The van der Waals surface area contributed by atoms with Crippen molar-refractivity contribution in [1.29, 1.82) is 0 Å². The molecule has 37 heavy (non-hydrogen) atoms. The molecule has 0 aliphatic rings. The van der Waals surface area contributed by atoms with E-state index in [4.69, 9.17) is 29.4 Å². The lowest BCUT2D eigenvalue weighted by atomic mass is 10.1. The van der Waals surface area contributed by atoms with E-state index in [1.807, 2.05) is 13.8 Å². The second-order valence-corrected chi connectivity index (χ2v) is 9.01. The third kappa shape index (κ3) is 13.1. The minimum Gasteiger partial charge on any atom is -0.379 e. The quantitative estimate of drug-likeness (QED) is 0.217. The SMILES string of the molecule is Cc1nc(NC(=O)c2ccccc2NC(=O)CCOCCOCCOCCOCCOCCN)sc1C. The summed E-state index contributed by atoms with van der Waals surface area (Å²) >= 11 is 1.41. The third-order valence-corrected chi connectivity index (χ3v) is 5.91. The molecule has 0 bridgehead atoms. The molecule has 0 aliphatic carbocycles. The second-order valence-electron chi connectivity index (χ2n) is 7.81. The van der Waals surface area contributed by atoms with Gasteiger partial charge in [-0.05, 0) is 26.0 Å². The van der Waals surface area contributed by atoms with Gasteiger partial charge in [-0.15, -0.1) is 11.3 Å². The molecule has 12 heteroatoms. The van der Waals surface area contributed by atoms with Crippen molar-refractivity contribution in [2.75, 3.05) is 83.2 Å². The van der Waals surface area contributed by atoms with Crippen LogP contribution in [0.4, 0.5) is 10.8 Å². The predicted octanol–water partition coefficient (Wildman–Crippen LogP) is 2.38. The molecule has 0 spiro atoms. The number of carbonyl (C=O) groups is 2. The van der Waals surface area contributed by atoms with Crippen LogP contribution in [0.15, 0.2) is 24.3 Å². The fourth-order valence-corrected chi connectivity index (χ4v) is 3.73. The summed E-state index contributed by atoms with van der Waals surface area (Å²) in [4.78, 5) is 30.4. The molecule has 1 aromatic heterocycles. The number of thiazole rings is 1. The number of benzene rings is 1. The van der Waals surface area contributed by atoms with Crippen LogP contribution in [0.2, 0.25) is 0 Å². The van der Waals surface area contributed by atoms with Crippen molar-refractivity contribution in [3.8, 4) is 0 Å². The topological polar surface area (TPSA) is 143 Å². The molecule has 4 N–H and O–H groups in total. The molecular formula is C25H38N4O7S. The van der Waals surface area contributed by atoms with E-state index in [9.17, 15) is 9.59 Å². The molecule has 1 aromatic carbocycles. The first-order valence-corrected chi connectivity index (χ1v) is 13.1. The van der Waals surface area contributed by atoms with Crippen LogP contribution in [0.3, 0.4) is 0 Å². The fraction of sp³-hybridized carbons (Fsp3) is 0.560. The Hall–Kier alpha value is -2.45. The number of nitrogens with one attached hydrogen (secondary N) is 2. The van der Waals surface area contributed by atoms with E-state index in [-0.39, 0.29) is 24.8 Å². The Balaban J connectivity index is 1.51. The lowest BCUT2D eigenvalue weighted by Gasteiger charge is -2.11. The van der Waals surface area contributed by atoms with Crippen molar-refractivity contribution in [2.24, 2.45) is 5.73 Å². The van der Waals surface area contributed by atoms with Crippen molar-refractivity contribution < 1.29 is 33.3 Å². The number of hydrogen-bond acceptors (Lipinski definition) is 10. The summed E-state index contributed by atoms with van der Waals surface area (Å²) in [6.07, 6.45) is 0.154. The number of rotatable bonds is 20. The molecule has 0 unspecified atom stereocenters. The highest BCUT2D eigenvalue weighted by atomic mass is 32.1. The molecule has 0 saturated heterocycles. The highest BCUT2D eigenvalue weighted by Gasteiger charge is 2.15. The van der Waals surface area contributed by atoms with Gasteiger partial charge in [-0.1, -0.05) is 12.1 Å². The molecule has 0 radical (unpaired) electrons. The van der Waals surface area contributed by atoms with Gasteiger partial charge < -0.3 is 34.7 Å². The van der Waals surface area contributed by atoms with Gasteiger partial charge in [-0.25, -0.2) is 4.98 Å². The first-order chi connectivity index (χ1) is 18.0. The second kappa shape index (κ2) is 18.7. The minimum atomic E-state index is -0.331. The molecule has 0 atom stereocenters. The molecule has 1 heterocycles. The van der Waals surface area contributed by atoms with Gasteiger partial charge in [0.1, 0.15) is 0 Å². The summed E-state index contributed by atoms with van der Waals surface area (Å²) in [5.41, 5.74) is 7.00. The molecule has 0 aliphatic heterocycles. The smallest absolute Gasteiger partial charge is 0.259 e. The van der Waals surface area contributed by atoms with Gasteiger partial charge in [0.25, 0.3) is 5.91 Å². The number of nitrogens with zero attached hydrogens (tertiary/aromatic N) is 1. The van der Waals surface area contributed by atoms with E-state index in [0.717, 1.165) is 10.6 Å². The maximum Gasteiger partial charge on any atom is 0.259 e. The molecule has 206 valence electrons. The van der Waals surface area contributed by atoms with Gasteiger partial charge in [0, 0.05) is 11.4 Å². The lowest BCUT2D eigenvalue weighted by molar-refractivity contribution is -0.117. The number of hydrogen-bond donors (Lipinski definition) is 3. The maximum absolute atomic E-state index is 12.7. The Labute approximate surface area is 222 Å². The number of ether oxygens (including phenoxy) is 5. The van der Waals surface area contributed by atoms with E-state index in [1.165, 1.54) is 11.3 Å². The lowest BCUT2D eigenvalue weighted by Crippen LogP contribution is -2.19. The number of nitrogens with two attached hydrogens (primary N) is 1. The Morgan fingerprint density at radius 1 is 0.811 bits per heavy atom. The maximum atomic E-state index is 12.7. The Kier molecular flexibility index (Phi) is 15.6. The van der Waals surface area contributed by atoms with E-state index < -0.39 is 0 Å². The largest absolute Gasteiger partial charge is 0.379 e. The Morgan fingerprint density at radius 2 is 1.35 bits per heavy atom. The Morgan fingerprint density at radius 3 is 1.89 bits per heavy atom. The zero-order chi connectivity index (χ0) is 26.7. The van der Waals surface area contributed by atoms with Crippen LogP contribution in [0.1, 0.15) is 27.3 Å². The number of aromatic nitrogens is 1. The number of para-hydroxylation sites is 1. The van der Waals surface area contributed by atoms with E-state index in [1.54, 1.807) is 24.3 Å². The van der Waals surface area contributed by atoms with Crippen molar-refractivity contribution in [3.63, 3.8) is 0 Å². The molecule has 11 nitrogen and oxygen atoms in total. The van der Waals surface area contributed by atoms with Crippen LogP contribution >= 0.6 is 11.3 Å². The predicted molar refractivity (Wildman–Crippen MR) is 142 cm³/mol. The van der Waals surface area contributed by atoms with E-state index in [2.05, 4.69) is 15.6 Å². The molecular weight excluding hydrogens is 500 g/mol. The number of amides is 2. The van der Waals surface area contributed by atoms with Gasteiger partial charge in [0.15, 0.2) is 5.13 Å². The van der Waals surface area contributed by atoms with Crippen molar-refractivity contribution in [2.45, 2.75) is 20.3 Å². The fourth-order valence-electron chi connectivity index (χ4n) is 2.92. The van der Waals surface area contributed by atoms with Crippen molar-refractivity contribution in [1.82, 2.24) is 4.98 Å². The summed E-state index contributed by atoms with van der Waals surface area (Å²) < 4.78 is 26.8. The molecule has 2 amide bonds. The van der Waals surface area contributed by atoms with Crippen molar-refractivity contribution in [3.05, 3.63) is 40.4 Å². The van der Waals surface area contributed by atoms with Gasteiger partial charge in [0.05, 0.1) is 89.4 Å². The van der Waals surface area contributed by atoms with Crippen LogP contribution in [-0.2, 0) is 28.5 Å². The summed E-state index contributed by atoms with van der Waals surface area (Å²) in [6.45, 7) is 8.83. The monoisotopic (exact) mass is 538 g/mol. The molecule has 2 aromatic rings. The number of anilines is 2. The van der Waals surface area contributed by atoms with Crippen molar-refractivity contribution >= 4 is 34.0 Å². The van der Waals surface area contributed by atoms with Crippen LogP contribution in [-0.4, -0.2) is 89.4 Å². The summed E-state index contributed by atoms with van der Waals surface area (Å²) in [5, 5.41) is 6.10. The zero-order valence-electron chi connectivity index (χ0n) is 21.6. The summed E-state index contributed by atoms with van der Waals surface area (Å²) in [7, 11) is 0. The van der Waals surface area contributed by atoms with Gasteiger partial charge in [-0.3, -0.25) is 14.9 Å². The molecule has 2 rings (SSSR count). The Bertz CT molecular complexity index is 922. The highest BCUT2D eigenvalue weighted by molar-refractivity contribution is 7.15. The summed E-state index contributed by atoms with van der Waals surface area (Å²) in [5.74, 6) is -0.578. The number of aryl methyl sites for hydroxylation is 2.